The summed E-state index contributed by atoms with van der Waals surface area (Å²) in [5.41, 5.74) is 0.512. The van der Waals surface area contributed by atoms with Crippen molar-refractivity contribution in [1.82, 2.24) is 0 Å². The van der Waals surface area contributed by atoms with Crippen molar-refractivity contribution in [1.29, 1.82) is 0 Å². The smallest absolute Gasteiger partial charge is 0.328 e. The van der Waals surface area contributed by atoms with E-state index in [1.807, 2.05) is 0 Å². The van der Waals surface area contributed by atoms with Gasteiger partial charge in [0.2, 0.25) is 0 Å². The molecule has 0 heterocycles. The molecule has 1 rings (SSSR count). The number of aromatic hydroxyl groups is 2. The number of rotatable bonds is 2. The zero-order valence-corrected chi connectivity index (χ0v) is 9.23. The first-order valence-corrected chi connectivity index (χ1v) is 3.52. The minimum Gasteiger partial charge on any atom is -0.504 e. The van der Waals surface area contributed by atoms with Gasteiger partial charge >= 0.3 is 5.97 Å². The largest absolute Gasteiger partial charge is 0.504 e. The summed E-state index contributed by atoms with van der Waals surface area (Å²) >= 11 is 0. The molecule has 1 aromatic rings. The van der Waals surface area contributed by atoms with Gasteiger partial charge in [-0.25, -0.2) is 4.79 Å². The standard InChI is InChI=1S/C9H8O4.Ge/c10-7-3-1-6(5-8(7)11)2-4-9(12)13;/h1-5,10-11H,(H,12,13);/b4-2+;. The molecule has 0 aromatic heterocycles. The van der Waals surface area contributed by atoms with Crippen LogP contribution in [-0.4, -0.2) is 38.9 Å². The van der Waals surface area contributed by atoms with Crippen LogP contribution in [0.5, 0.6) is 11.5 Å². The van der Waals surface area contributed by atoms with Crippen molar-refractivity contribution < 1.29 is 20.1 Å². The predicted molar refractivity (Wildman–Crippen MR) is 52.2 cm³/mol. The Balaban J connectivity index is 0.00000169. The van der Waals surface area contributed by atoms with Crippen LogP contribution < -0.4 is 0 Å². The summed E-state index contributed by atoms with van der Waals surface area (Å²) in [6.07, 6.45) is 2.27. The van der Waals surface area contributed by atoms with Crippen LogP contribution in [0.15, 0.2) is 24.3 Å². The number of carboxylic acids is 1. The molecule has 14 heavy (non-hydrogen) atoms. The summed E-state index contributed by atoms with van der Waals surface area (Å²) in [6, 6.07) is 4.06. The van der Waals surface area contributed by atoms with Crippen LogP contribution in [0.4, 0.5) is 0 Å². The topological polar surface area (TPSA) is 77.8 Å². The first kappa shape index (κ1) is 12.6. The number of hydrogen-bond acceptors (Lipinski definition) is 3. The minimum absolute atomic E-state index is 0. The number of aliphatic carboxylic acids is 1. The molecule has 0 amide bonds. The second-order valence-electron chi connectivity index (χ2n) is 2.42. The molecule has 1 aromatic carbocycles. The molecule has 0 aliphatic rings. The fraction of sp³-hybridized carbons (Fsp3) is 0. The summed E-state index contributed by atoms with van der Waals surface area (Å²) in [5.74, 6) is -1.56. The summed E-state index contributed by atoms with van der Waals surface area (Å²) in [4.78, 5) is 10.1. The van der Waals surface area contributed by atoms with Gasteiger partial charge in [0.05, 0.1) is 0 Å². The van der Waals surface area contributed by atoms with Gasteiger partial charge < -0.3 is 15.3 Å². The summed E-state index contributed by atoms with van der Waals surface area (Å²) in [7, 11) is 0. The van der Waals surface area contributed by atoms with Crippen molar-refractivity contribution in [2.45, 2.75) is 0 Å². The van der Waals surface area contributed by atoms with Crippen LogP contribution in [0.2, 0.25) is 0 Å². The normalized spacial score (nSPS) is 9.71. The molecule has 0 fully saturated rings. The van der Waals surface area contributed by atoms with Crippen molar-refractivity contribution in [3.63, 3.8) is 0 Å². The van der Waals surface area contributed by atoms with Crippen LogP contribution in [0.1, 0.15) is 5.56 Å². The quantitative estimate of drug-likeness (QED) is 0.414. The summed E-state index contributed by atoms with van der Waals surface area (Å²) in [6.45, 7) is 0. The minimum atomic E-state index is -1.06. The van der Waals surface area contributed by atoms with Crippen molar-refractivity contribution in [3.05, 3.63) is 29.8 Å². The van der Waals surface area contributed by atoms with E-state index in [0.717, 1.165) is 6.08 Å². The molecule has 0 aliphatic carbocycles. The number of carboxylic acid groups (broad SMARTS) is 1. The zero-order valence-electron chi connectivity index (χ0n) is 7.14. The SMILES string of the molecule is O=C(O)/C=C/c1ccc(O)c(O)c1.[Ge]. The van der Waals surface area contributed by atoms with Crippen molar-refractivity contribution in [3.8, 4) is 11.5 Å². The number of phenolic OH excluding ortho intramolecular Hbond substituents is 2. The molecule has 72 valence electrons. The van der Waals surface area contributed by atoms with Gasteiger partial charge in [0, 0.05) is 23.7 Å². The second kappa shape index (κ2) is 5.33. The van der Waals surface area contributed by atoms with Gasteiger partial charge in [0.15, 0.2) is 11.5 Å². The van der Waals surface area contributed by atoms with Gasteiger partial charge in [-0.1, -0.05) is 6.07 Å². The molecular weight excluding hydrogens is 245 g/mol. The molecule has 0 atom stereocenters. The molecule has 4 nitrogen and oxygen atoms in total. The molecular formula is C9H8GeO4. The monoisotopic (exact) mass is 254 g/mol. The molecule has 0 saturated heterocycles. The van der Waals surface area contributed by atoms with Crippen LogP contribution in [0, 0.1) is 0 Å². The maximum Gasteiger partial charge on any atom is 0.328 e. The molecule has 3 N–H and O–H groups in total. The molecule has 5 heteroatoms. The van der Waals surface area contributed by atoms with Gasteiger partial charge in [0.25, 0.3) is 0 Å². The average Bonchev–Trinajstić information content (AvgIpc) is 2.07. The van der Waals surface area contributed by atoms with Gasteiger partial charge in [-0.05, 0) is 23.8 Å². The van der Waals surface area contributed by atoms with Gasteiger partial charge in [-0.15, -0.1) is 0 Å². The van der Waals surface area contributed by atoms with E-state index in [1.165, 1.54) is 24.3 Å². The zero-order chi connectivity index (χ0) is 9.84. The molecule has 4 radical (unpaired) electrons. The van der Waals surface area contributed by atoms with Gasteiger partial charge in [-0.3, -0.25) is 0 Å². The Hall–Kier alpha value is -1.43. The Morgan fingerprint density at radius 2 is 1.86 bits per heavy atom. The molecule has 0 unspecified atom stereocenters. The van der Waals surface area contributed by atoms with Crippen LogP contribution >= 0.6 is 0 Å². The van der Waals surface area contributed by atoms with Crippen molar-refractivity contribution >= 4 is 29.6 Å². The van der Waals surface area contributed by atoms with Gasteiger partial charge in [-0.2, -0.15) is 0 Å². The third-order valence-electron chi connectivity index (χ3n) is 1.42. The van der Waals surface area contributed by atoms with E-state index in [1.54, 1.807) is 0 Å². The summed E-state index contributed by atoms with van der Waals surface area (Å²) in [5, 5.41) is 26.3. The first-order chi connectivity index (χ1) is 6.09. The van der Waals surface area contributed by atoms with Gasteiger partial charge in [0.1, 0.15) is 0 Å². The van der Waals surface area contributed by atoms with E-state index in [0.29, 0.717) is 5.56 Å². The average molecular weight is 253 g/mol. The van der Waals surface area contributed by atoms with Crippen LogP contribution in [-0.2, 0) is 4.79 Å². The van der Waals surface area contributed by atoms with E-state index in [9.17, 15) is 4.79 Å². The summed E-state index contributed by atoms with van der Waals surface area (Å²) < 4.78 is 0. The third-order valence-corrected chi connectivity index (χ3v) is 1.42. The molecule has 0 spiro atoms. The Bertz CT molecular complexity index is 360. The number of hydrogen-bond donors (Lipinski definition) is 3. The van der Waals surface area contributed by atoms with E-state index in [4.69, 9.17) is 15.3 Å². The maximum absolute atomic E-state index is 10.1. The fourth-order valence-electron chi connectivity index (χ4n) is 0.812. The van der Waals surface area contributed by atoms with Crippen molar-refractivity contribution in [2.24, 2.45) is 0 Å². The van der Waals surface area contributed by atoms with Crippen molar-refractivity contribution in [2.75, 3.05) is 0 Å². The van der Waals surface area contributed by atoms with E-state index >= 15 is 0 Å². The third kappa shape index (κ3) is 3.53. The Labute approximate surface area is 91.5 Å². The Kier molecular flexibility index (Phi) is 4.79. The number of phenols is 2. The Morgan fingerprint density at radius 1 is 1.21 bits per heavy atom. The first-order valence-electron chi connectivity index (χ1n) is 3.52. The molecule has 0 saturated carbocycles. The maximum atomic E-state index is 10.1. The van der Waals surface area contributed by atoms with Crippen LogP contribution in [0.25, 0.3) is 6.08 Å². The molecule has 0 aliphatic heterocycles. The predicted octanol–water partition coefficient (Wildman–Crippen LogP) is 0.815. The number of benzene rings is 1. The molecule has 0 bridgehead atoms. The second-order valence-corrected chi connectivity index (χ2v) is 2.42. The van der Waals surface area contributed by atoms with E-state index in [-0.39, 0.29) is 29.1 Å². The van der Waals surface area contributed by atoms with E-state index in [2.05, 4.69) is 0 Å². The Morgan fingerprint density at radius 3 is 2.36 bits per heavy atom. The van der Waals surface area contributed by atoms with E-state index < -0.39 is 5.97 Å². The number of carbonyl (C=O) groups is 1. The van der Waals surface area contributed by atoms with Crippen LogP contribution in [0.3, 0.4) is 0 Å². The fourth-order valence-corrected chi connectivity index (χ4v) is 0.812.